The van der Waals surface area contributed by atoms with Gasteiger partial charge in [-0.1, -0.05) is 13.8 Å². The van der Waals surface area contributed by atoms with E-state index < -0.39 is 0 Å². The Morgan fingerprint density at radius 1 is 1.43 bits per heavy atom. The highest BCUT2D eigenvalue weighted by atomic mass is 16.3. The fraction of sp³-hybridized carbons (Fsp3) is 0.812. The van der Waals surface area contributed by atoms with E-state index in [2.05, 4.69) is 34.8 Å². The summed E-state index contributed by atoms with van der Waals surface area (Å²) in [6.07, 6.45) is 4.05. The fourth-order valence-electron chi connectivity index (χ4n) is 3.38. The van der Waals surface area contributed by atoms with Crippen LogP contribution in [0.5, 0.6) is 0 Å². The number of rotatable bonds is 7. The van der Waals surface area contributed by atoms with E-state index in [9.17, 15) is 5.11 Å². The third-order valence-corrected chi connectivity index (χ3v) is 4.61. The molecular formula is C16H30N4O. The monoisotopic (exact) mass is 294 g/mol. The summed E-state index contributed by atoms with van der Waals surface area (Å²) in [6.45, 7) is 10.0. The van der Waals surface area contributed by atoms with E-state index in [-0.39, 0.29) is 6.10 Å². The van der Waals surface area contributed by atoms with Crippen LogP contribution in [0.15, 0.2) is 12.3 Å². The van der Waals surface area contributed by atoms with E-state index >= 15 is 0 Å². The van der Waals surface area contributed by atoms with Crippen LogP contribution < -0.4 is 0 Å². The van der Waals surface area contributed by atoms with E-state index in [4.69, 9.17) is 0 Å². The first-order valence-electron chi connectivity index (χ1n) is 8.24. The van der Waals surface area contributed by atoms with Crippen molar-refractivity contribution >= 4 is 0 Å². The molecule has 0 amide bonds. The van der Waals surface area contributed by atoms with E-state index in [1.807, 2.05) is 17.9 Å². The molecule has 2 atom stereocenters. The van der Waals surface area contributed by atoms with Crippen LogP contribution in [-0.4, -0.2) is 70.1 Å². The minimum absolute atomic E-state index is 0.254. The summed E-state index contributed by atoms with van der Waals surface area (Å²) in [5, 5.41) is 14.6. The Morgan fingerprint density at radius 3 is 2.81 bits per heavy atom. The molecule has 0 aromatic carbocycles. The highest BCUT2D eigenvalue weighted by molar-refractivity contribution is 5.09. The van der Waals surface area contributed by atoms with E-state index in [0.717, 1.165) is 39.3 Å². The third-order valence-electron chi connectivity index (χ3n) is 4.61. The highest BCUT2D eigenvalue weighted by Gasteiger charge is 2.24. The Bertz CT molecular complexity index is 416. The molecule has 1 aromatic rings. The minimum Gasteiger partial charge on any atom is -0.390 e. The van der Waals surface area contributed by atoms with Gasteiger partial charge in [0, 0.05) is 44.5 Å². The summed E-state index contributed by atoms with van der Waals surface area (Å²) < 4.78 is 1.99. The van der Waals surface area contributed by atoms with Crippen LogP contribution in [0.3, 0.4) is 0 Å². The second-order valence-electron chi connectivity index (χ2n) is 6.12. The normalized spacial score (nSPS) is 21.9. The second-order valence-corrected chi connectivity index (χ2v) is 6.12. The van der Waals surface area contributed by atoms with Gasteiger partial charge in [-0.3, -0.25) is 4.68 Å². The van der Waals surface area contributed by atoms with Crippen LogP contribution in [-0.2, 0) is 7.05 Å². The minimum atomic E-state index is -0.254. The van der Waals surface area contributed by atoms with Gasteiger partial charge < -0.3 is 14.9 Å². The number of likely N-dealkylation sites (N-methyl/N-ethyl adjacent to an activating group) is 1. The molecule has 21 heavy (non-hydrogen) atoms. The van der Waals surface area contributed by atoms with Crippen LogP contribution >= 0.6 is 0 Å². The smallest absolute Gasteiger partial charge is 0.0793 e. The number of aromatic nitrogens is 2. The largest absolute Gasteiger partial charge is 0.390 e. The van der Waals surface area contributed by atoms with Crippen molar-refractivity contribution in [2.75, 3.05) is 39.3 Å². The van der Waals surface area contributed by atoms with Gasteiger partial charge in [0.2, 0.25) is 0 Å². The van der Waals surface area contributed by atoms with E-state index in [0.29, 0.717) is 5.92 Å². The third kappa shape index (κ3) is 4.53. The average Bonchev–Trinajstić information content (AvgIpc) is 2.91. The number of aryl methyl sites for hydroxylation is 1. The van der Waals surface area contributed by atoms with Gasteiger partial charge in [0.1, 0.15) is 0 Å². The van der Waals surface area contributed by atoms with Gasteiger partial charge in [-0.15, -0.1) is 0 Å². The standard InChI is InChI=1S/C16H30N4O/c1-4-19(5-2)12-15(21)13-20-10-6-7-14(11-20)16-8-9-17-18(16)3/h8-9,14-15,21H,4-7,10-13H2,1-3H3/t14-,15-/m0/s1. The van der Waals surface area contributed by atoms with Gasteiger partial charge in [0.25, 0.3) is 0 Å². The van der Waals surface area contributed by atoms with Crippen molar-refractivity contribution in [3.63, 3.8) is 0 Å². The molecule has 0 radical (unpaired) electrons. The topological polar surface area (TPSA) is 44.5 Å². The second kappa shape index (κ2) is 7.92. The molecule has 1 saturated heterocycles. The van der Waals surface area contributed by atoms with E-state index in [1.165, 1.54) is 18.5 Å². The Balaban J connectivity index is 1.85. The van der Waals surface area contributed by atoms with Crippen molar-refractivity contribution in [1.82, 2.24) is 19.6 Å². The lowest BCUT2D eigenvalue weighted by molar-refractivity contribution is 0.0658. The Labute approximate surface area is 128 Å². The maximum Gasteiger partial charge on any atom is 0.0793 e. The van der Waals surface area contributed by atoms with Gasteiger partial charge >= 0.3 is 0 Å². The number of aliphatic hydroxyl groups excluding tert-OH is 1. The van der Waals surface area contributed by atoms with Crippen LogP contribution in [0, 0.1) is 0 Å². The van der Waals surface area contributed by atoms with Gasteiger partial charge in [-0.2, -0.15) is 5.10 Å². The Kier molecular flexibility index (Phi) is 6.21. The Hall–Kier alpha value is -0.910. The first-order chi connectivity index (χ1) is 10.1. The summed E-state index contributed by atoms with van der Waals surface area (Å²) in [5.74, 6) is 0.548. The first-order valence-corrected chi connectivity index (χ1v) is 8.24. The predicted octanol–water partition coefficient (Wildman–Crippen LogP) is 1.30. The number of nitrogens with zero attached hydrogens (tertiary/aromatic N) is 4. The average molecular weight is 294 g/mol. The van der Waals surface area contributed by atoms with Crippen molar-refractivity contribution in [2.45, 2.75) is 38.7 Å². The molecule has 2 heterocycles. The summed E-state index contributed by atoms with van der Waals surface area (Å²) in [4.78, 5) is 4.70. The quantitative estimate of drug-likeness (QED) is 0.823. The van der Waals surface area contributed by atoms with Gasteiger partial charge in [-0.25, -0.2) is 0 Å². The lowest BCUT2D eigenvalue weighted by atomic mass is 9.94. The SMILES string of the molecule is CCN(CC)C[C@H](O)CN1CCC[C@H](c2ccnn2C)C1. The number of aliphatic hydroxyl groups is 1. The molecule has 5 heteroatoms. The molecule has 120 valence electrons. The number of hydrogen-bond donors (Lipinski definition) is 1. The number of hydrogen-bond acceptors (Lipinski definition) is 4. The number of likely N-dealkylation sites (tertiary alicyclic amines) is 1. The Morgan fingerprint density at radius 2 is 2.19 bits per heavy atom. The van der Waals surface area contributed by atoms with Crippen molar-refractivity contribution in [3.8, 4) is 0 Å². The molecule has 0 spiro atoms. The summed E-state index contributed by atoms with van der Waals surface area (Å²) in [5.41, 5.74) is 1.32. The van der Waals surface area contributed by atoms with Crippen molar-refractivity contribution in [1.29, 1.82) is 0 Å². The molecule has 0 aliphatic carbocycles. The molecule has 1 aliphatic rings. The lowest BCUT2D eigenvalue weighted by Crippen LogP contribution is -2.43. The zero-order chi connectivity index (χ0) is 15.2. The van der Waals surface area contributed by atoms with Crippen LogP contribution in [0.25, 0.3) is 0 Å². The molecule has 0 bridgehead atoms. The van der Waals surface area contributed by atoms with Gasteiger partial charge in [0.05, 0.1) is 6.10 Å². The molecule has 1 fully saturated rings. The zero-order valence-corrected chi connectivity index (χ0v) is 13.7. The molecule has 0 unspecified atom stereocenters. The van der Waals surface area contributed by atoms with Crippen molar-refractivity contribution in [3.05, 3.63) is 18.0 Å². The molecule has 1 aromatic heterocycles. The van der Waals surface area contributed by atoms with Crippen LogP contribution in [0.4, 0.5) is 0 Å². The molecular weight excluding hydrogens is 264 g/mol. The van der Waals surface area contributed by atoms with E-state index in [1.54, 1.807) is 0 Å². The number of piperidine rings is 1. The maximum atomic E-state index is 10.3. The summed E-state index contributed by atoms with van der Waals surface area (Å²) >= 11 is 0. The first kappa shape index (κ1) is 16.5. The summed E-state index contributed by atoms with van der Waals surface area (Å²) in [7, 11) is 2.02. The predicted molar refractivity (Wildman–Crippen MR) is 85.4 cm³/mol. The molecule has 2 rings (SSSR count). The van der Waals surface area contributed by atoms with Crippen molar-refractivity contribution in [2.24, 2.45) is 7.05 Å². The van der Waals surface area contributed by atoms with Crippen LogP contribution in [0.1, 0.15) is 38.3 Å². The molecule has 0 saturated carbocycles. The summed E-state index contributed by atoms with van der Waals surface area (Å²) in [6, 6.07) is 2.13. The molecule has 5 nitrogen and oxygen atoms in total. The number of β-amino-alcohol motifs (C(OH)–C–C–N with tert-alkyl or cyclic N) is 1. The lowest BCUT2D eigenvalue weighted by Gasteiger charge is -2.34. The van der Waals surface area contributed by atoms with Gasteiger partial charge in [-0.05, 0) is 38.5 Å². The molecule has 1 N–H and O–H groups in total. The molecule has 1 aliphatic heterocycles. The van der Waals surface area contributed by atoms with Crippen molar-refractivity contribution < 1.29 is 5.11 Å². The maximum absolute atomic E-state index is 10.3. The fourth-order valence-corrected chi connectivity index (χ4v) is 3.38. The van der Waals surface area contributed by atoms with Gasteiger partial charge in [0.15, 0.2) is 0 Å². The highest BCUT2D eigenvalue weighted by Crippen LogP contribution is 2.26. The zero-order valence-electron chi connectivity index (χ0n) is 13.7. The van der Waals surface area contributed by atoms with Crippen LogP contribution in [0.2, 0.25) is 0 Å².